The molecule has 1 aliphatic heterocycles. The molecule has 1 saturated carbocycles. The van der Waals surface area contributed by atoms with Gasteiger partial charge in [0.1, 0.15) is 0 Å². The number of hydrogen-bond donors (Lipinski definition) is 1. The highest BCUT2D eigenvalue weighted by Crippen LogP contribution is 2.40. The third-order valence-corrected chi connectivity index (χ3v) is 6.18. The van der Waals surface area contributed by atoms with Gasteiger partial charge in [0.25, 0.3) is 0 Å². The van der Waals surface area contributed by atoms with Gasteiger partial charge in [0, 0.05) is 30.8 Å². The molecule has 124 valence electrons. The summed E-state index contributed by atoms with van der Waals surface area (Å²) < 4.78 is 5.97. The third-order valence-electron chi connectivity index (χ3n) is 6.18. The van der Waals surface area contributed by atoms with Crippen molar-refractivity contribution in [2.45, 2.75) is 63.1 Å². The predicted octanol–water partition coefficient (Wildman–Crippen LogP) is 1.94. The SMILES string of the molecule is CC(C)C1CC(CN)(N(C)CC2(N(C)C)CCC2)CCO1. The van der Waals surface area contributed by atoms with Crippen molar-refractivity contribution < 1.29 is 4.74 Å². The molecule has 0 bridgehead atoms. The normalized spacial score (nSPS) is 32.7. The summed E-state index contributed by atoms with van der Waals surface area (Å²) in [6.07, 6.45) is 6.47. The number of likely N-dealkylation sites (N-methyl/N-ethyl adjacent to an activating group) is 2. The third kappa shape index (κ3) is 3.29. The van der Waals surface area contributed by atoms with Crippen LogP contribution in [0.1, 0.15) is 46.0 Å². The van der Waals surface area contributed by atoms with Gasteiger partial charge < -0.3 is 15.4 Å². The van der Waals surface area contributed by atoms with Crippen LogP contribution in [-0.4, -0.2) is 67.8 Å². The van der Waals surface area contributed by atoms with Crippen LogP contribution in [0.2, 0.25) is 0 Å². The largest absolute Gasteiger partial charge is 0.378 e. The van der Waals surface area contributed by atoms with E-state index in [-0.39, 0.29) is 5.54 Å². The quantitative estimate of drug-likeness (QED) is 0.813. The highest BCUT2D eigenvalue weighted by atomic mass is 16.5. The Kier molecular flexibility index (Phi) is 5.35. The van der Waals surface area contributed by atoms with Crippen LogP contribution in [0.25, 0.3) is 0 Å². The van der Waals surface area contributed by atoms with Gasteiger partial charge in [-0.1, -0.05) is 13.8 Å². The molecule has 0 aromatic heterocycles. The number of ether oxygens (including phenoxy) is 1. The Morgan fingerprint density at radius 1 is 1.14 bits per heavy atom. The average molecular weight is 297 g/mol. The first-order chi connectivity index (χ1) is 9.85. The molecule has 21 heavy (non-hydrogen) atoms. The van der Waals surface area contributed by atoms with Gasteiger partial charge in [-0.3, -0.25) is 4.90 Å². The van der Waals surface area contributed by atoms with Crippen molar-refractivity contribution in [2.75, 3.05) is 40.8 Å². The van der Waals surface area contributed by atoms with E-state index in [1.165, 1.54) is 19.3 Å². The number of nitrogens with two attached hydrogens (primary N) is 1. The standard InChI is InChI=1S/C17H35N3O/c1-14(2)15-11-17(12-18,9-10-21-15)20(5)13-16(19(3)4)7-6-8-16/h14-15H,6-13,18H2,1-5H3. The summed E-state index contributed by atoms with van der Waals surface area (Å²) in [6.45, 7) is 7.22. The second-order valence-corrected chi connectivity index (χ2v) is 7.86. The molecular weight excluding hydrogens is 262 g/mol. The molecule has 2 fully saturated rings. The summed E-state index contributed by atoms with van der Waals surface area (Å²) >= 11 is 0. The van der Waals surface area contributed by atoms with Gasteiger partial charge in [-0.25, -0.2) is 0 Å². The predicted molar refractivity (Wildman–Crippen MR) is 88.5 cm³/mol. The van der Waals surface area contributed by atoms with Gasteiger partial charge >= 0.3 is 0 Å². The Balaban J connectivity index is 2.08. The lowest BCUT2D eigenvalue weighted by atomic mass is 9.73. The van der Waals surface area contributed by atoms with Crippen LogP contribution in [0.5, 0.6) is 0 Å². The van der Waals surface area contributed by atoms with Crippen molar-refractivity contribution in [3.63, 3.8) is 0 Å². The Morgan fingerprint density at radius 2 is 1.81 bits per heavy atom. The summed E-state index contributed by atoms with van der Waals surface area (Å²) in [7, 11) is 6.73. The molecule has 2 unspecified atom stereocenters. The van der Waals surface area contributed by atoms with Crippen LogP contribution in [0.4, 0.5) is 0 Å². The maximum Gasteiger partial charge on any atom is 0.0616 e. The van der Waals surface area contributed by atoms with Crippen LogP contribution in [0.15, 0.2) is 0 Å². The zero-order chi connectivity index (χ0) is 15.7. The average Bonchev–Trinajstić information content (AvgIpc) is 2.41. The van der Waals surface area contributed by atoms with Gasteiger partial charge in [0.05, 0.1) is 6.10 Å². The second-order valence-electron chi connectivity index (χ2n) is 7.86. The molecule has 2 N–H and O–H groups in total. The molecule has 1 heterocycles. The van der Waals surface area contributed by atoms with Crippen molar-refractivity contribution >= 4 is 0 Å². The molecule has 0 aromatic rings. The van der Waals surface area contributed by atoms with Crippen molar-refractivity contribution in [2.24, 2.45) is 11.7 Å². The van der Waals surface area contributed by atoms with Gasteiger partial charge in [-0.05, 0) is 59.2 Å². The summed E-state index contributed by atoms with van der Waals surface area (Å²) in [5.74, 6) is 0.566. The summed E-state index contributed by atoms with van der Waals surface area (Å²) in [5, 5.41) is 0. The van der Waals surface area contributed by atoms with Crippen LogP contribution >= 0.6 is 0 Å². The monoisotopic (exact) mass is 297 g/mol. The van der Waals surface area contributed by atoms with E-state index in [1.807, 2.05) is 0 Å². The Morgan fingerprint density at radius 3 is 2.24 bits per heavy atom. The molecule has 4 heteroatoms. The molecule has 2 rings (SSSR count). The number of rotatable bonds is 6. The van der Waals surface area contributed by atoms with E-state index in [1.54, 1.807) is 0 Å². The molecule has 0 radical (unpaired) electrons. The molecular formula is C17H35N3O. The van der Waals surface area contributed by atoms with Gasteiger partial charge in [0.2, 0.25) is 0 Å². The summed E-state index contributed by atoms with van der Waals surface area (Å²) in [4.78, 5) is 4.99. The zero-order valence-corrected chi connectivity index (χ0v) is 14.7. The Hall–Kier alpha value is -0.160. The van der Waals surface area contributed by atoms with Gasteiger partial charge in [-0.2, -0.15) is 0 Å². The molecule has 0 aromatic carbocycles. The molecule has 1 saturated heterocycles. The molecule has 0 amide bonds. The van der Waals surface area contributed by atoms with E-state index in [4.69, 9.17) is 10.5 Å². The van der Waals surface area contributed by atoms with Crippen LogP contribution in [0, 0.1) is 5.92 Å². The van der Waals surface area contributed by atoms with Crippen molar-refractivity contribution in [3.8, 4) is 0 Å². The van der Waals surface area contributed by atoms with Gasteiger partial charge in [-0.15, -0.1) is 0 Å². The first-order valence-corrected chi connectivity index (χ1v) is 8.56. The highest BCUT2D eigenvalue weighted by Gasteiger charge is 2.46. The van der Waals surface area contributed by atoms with E-state index >= 15 is 0 Å². The summed E-state index contributed by atoms with van der Waals surface area (Å²) in [6, 6.07) is 0. The Labute approximate surface area is 131 Å². The maximum absolute atomic E-state index is 6.25. The van der Waals surface area contributed by atoms with Crippen molar-refractivity contribution in [1.29, 1.82) is 0 Å². The fourth-order valence-corrected chi connectivity index (χ4v) is 3.99. The fraction of sp³-hybridized carbons (Fsp3) is 1.00. The topological polar surface area (TPSA) is 41.7 Å². The van der Waals surface area contributed by atoms with Crippen LogP contribution in [-0.2, 0) is 4.74 Å². The molecule has 0 spiro atoms. The van der Waals surface area contributed by atoms with Crippen LogP contribution < -0.4 is 5.73 Å². The summed E-state index contributed by atoms with van der Waals surface area (Å²) in [5.41, 5.74) is 6.73. The van der Waals surface area contributed by atoms with Gasteiger partial charge in [0.15, 0.2) is 0 Å². The zero-order valence-electron chi connectivity index (χ0n) is 14.7. The van der Waals surface area contributed by atoms with E-state index in [0.717, 1.165) is 32.5 Å². The minimum Gasteiger partial charge on any atom is -0.378 e. The number of nitrogens with zero attached hydrogens (tertiary/aromatic N) is 2. The smallest absolute Gasteiger partial charge is 0.0616 e. The minimum absolute atomic E-state index is 0.117. The lowest BCUT2D eigenvalue weighted by Crippen LogP contribution is -2.64. The number of hydrogen-bond acceptors (Lipinski definition) is 4. The van der Waals surface area contributed by atoms with E-state index in [9.17, 15) is 0 Å². The van der Waals surface area contributed by atoms with Crippen molar-refractivity contribution in [1.82, 2.24) is 9.80 Å². The molecule has 2 atom stereocenters. The Bertz CT molecular complexity index is 341. The van der Waals surface area contributed by atoms with E-state index in [0.29, 0.717) is 17.6 Å². The molecule has 2 aliphatic rings. The van der Waals surface area contributed by atoms with E-state index in [2.05, 4.69) is 44.8 Å². The fourth-order valence-electron chi connectivity index (χ4n) is 3.99. The highest BCUT2D eigenvalue weighted by molar-refractivity contribution is 5.03. The lowest BCUT2D eigenvalue weighted by Gasteiger charge is -2.54. The maximum atomic E-state index is 6.25. The van der Waals surface area contributed by atoms with Crippen molar-refractivity contribution in [3.05, 3.63) is 0 Å². The minimum atomic E-state index is 0.117. The lowest BCUT2D eigenvalue weighted by molar-refractivity contribution is -0.0967. The molecule has 4 nitrogen and oxygen atoms in total. The van der Waals surface area contributed by atoms with Crippen LogP contribution in [0.3, 0.4) is 0 Å². The second kappa shape index (κ2) is 6.53. The first kappa shape index (κ1) is 17.2. The first-order valence-electron chi connectivity index (χ1n) is 8.56. The van der Waals surface area contributed by atoms with E-state index < -0.39 is 0 Å². The molecule has 1 aliphatic carbocycles.